The zero-order valence-corrected chi connectivity index (χ0v) is 17.2. The molecule has 0 saturated heterocycles. The topological polar surface area (TPSA) is 119 Å². The van der Waals surface area contributed by atoms with Crippen LogP contribution in [0, 0.1) is 27.6 Å². The fraction of sp³-hybridized carbons (Fsp3) is 0.278. The molecule has 31 heavy (non-hydrogen) atoms. The first-order valence-electron chi connectivity index (χ1n) is 8.87. The molecule has 0 aliphatic carbocycles. The summed E-state index contributed by atoms with van der Waals surface area (Å²) < 4.78 is 71.0. The molecule has 1 N–H and O–H groups in total. The molecule has 2 aromatic carbocycles. The maximum atomic E-state index is 13.6. The van der Waals surface area contributed by atoms with Crippen LogP contribution in [0.25, 0.3) is 0 Å². The van der Waals surface area contributed by atoms with E-state index in [1.807, 2.05) is 5.32 Å². The highest BCUT2D eigenvalue weighted by molar-refractivity contribution is 7.89. The molecule has 0 aromatic heterocycles. The van der Waals surface area contributed by atoms with Crippen LogP contribution in [0.1, 0.15) is 13.8 Å². The van der Waals surface area contributed by atoms with Crippen LogP contribution in [-0.4, -0.2) is 43.2 Å². The maximum absolute atomic E-state index is 13.6. The second-order valence-electron chi connectivity index (χ2n) is 6.04. The van der Waals surface area contributed by atoms with Gasteiger partial charge in [0.15, 0.2) is 29.8 Å². The van der Waals surface area contributed by atoms with E-state index >= 15 is 0 Å². The van der Waals surface area contributed by atoms with Gasteiger partial charge in [0.05, 0.1) is 15.5 Å². The summed E-state index contributed by atoms with van der Waals surface area (Å²) in [5, 5.41) is 13.3. The van der Waals surface area contributed by atoms with Gasteiger partial charge in [-0.3, -0.25) is 14.9 Å². The number of rotatable bonds is 9. The lowest BCUT2D eigenvalue weighted by Crippen LogP contribution is -2.30. The van der Waals surface area contributed by atoms with Crippen LogP contribution in [0.4, 0.5) is 24.5 Å². The number of ether oxygens (including phenoxy) is 1. The van der Waals surface area contributed by atoms with E-state index in [1.54, 1.807) is 13.8 Å². The van der Waals surface area contributed by atoms with Crippen molar-refractivity contribution in [3.63, 3.8) is 0 Å². The van der Waals surface area contributed by atoms with E-state index in [-0.39, 0.29) is 18.0 Å². The van der Waals surface area contributed by atoms with Gasteiger partial charge in [-0.2, -0.15) is 4.31 Å². The monoisotopic (exact) mass is 461 g/mol. The molecule has 168 valence electrons. The fourth-order valence-corrected chi connectivity index (χ4v) is 4.07. The lowest BCUT2D eigenvalue weighted by Gasteiger charge is -2.18. The molecule has 0 radical (unpaired) electrons. The van der Waals surface area contributed by atoms with Gasteiger partial charge in [-0.1, -0.05) is 13.8 Å². The van der Waals surface area contributed by atoms with Crippen molar-refractivity contribution in [2.75, 3.05) is 25.0 Å². The third-order valence-electron chi connectivity index (χ3n) is 4.14. The first kappa shape index (κ1) is 24.1. The number of carbonyl (C=O) groups is 1. The number of nitrogens with one attached hydrogen (secondary N) is 1. The van der Waals surface area contributed by atoms with Gasteiger partial charge < -0.3 is 10.1 Å². The van der Waals surface area contributed by atoms with Gasteiger partial charge in [-0.15, -0.1) is 0 Å². The minimum Gasteiger partial charge on any atom is -0.477 e. The Morgan fingerprint density at radius 2 is 1.77 bits per heavy atom. The van der Waals surface area contributed by atoms with Crippen LogP contribution >= 0.6 is 0 Å². The molecule has 0 fully saturated rings. The molecule has 0 bridgehead atoms. The van der Waals surface area contributed by atoms with Crippen LogP contribution in [0.5, 0.6) is 5.75 Å². The summed E-state index contributed by atoms with van der Waals surface area (Å²) in [5.41, 5.74) is -1.36. The van der Waals surface area contributed by atoms with Crippen molar-refractivity contribution in [1.29, 1.82) is 0 Å². The lowest BCUT2D eigenvalue weighted by molar-refractivity contribution is -0.386. The molecule has 0 atom stereocenters. The average molecular weight is 461 g/mol. The maximum Gasteiger partial charge on any atom is 0.312 e. The first-order valence-corrected chi connectivity index (χ1v) is 10.3. The number of hydrogen-bond donors (Lipinski definition) is 1. The number of nitro benzene ring substituents is 1. The highest BCUT2D eigenvalue weighted by Crippen LogP contribution is 2.31. The molecule has 1 amide bonds. The van der Waals surface area contributed by atoms with E-state index in [2.05, 4.69) is 0 Å². The van der Waals surface area contributed by atoms with E-state index in [0.29, 0.717) is 6.07 Å². The van der Waals surface area contributed by atoms with Crippen molar-refractivity contribution in [1.82, 2.24) is 4.31 Å². The van der Waals surface area contributed by atoms with E-state index in [9.17, 15) is 36.5 Å². The number of anilines is 1. The van der Waals surface area contributed by atoms with Crippen molar-refractivity contribution < 1.29 is 36.0 Å². The fourth-order valence-electron chi connectivity index (χ4n) is 2.59. The summed E-state index contributed by atoms with van der Waals surface area (Å²) >= 11 is 0. The predicted octanol–water partition coefficient (Wildman–Crippen LogP) is 3.06. The zero-order valence-electron chi connectivity index (χ0n) is 16.4. The Morgan fingerprint density at radius 1 is 1.13 bits per heavy atom. The quantitative estimate of drug-likeness (QED) is 0.348. The number of halogens is 3. The van der Waals surface area contributed by atoms with Crippen LogP contribution in [0.3, 0.4) is 0 Å². The summed E-state index contributed by atoms with van der Waals surface area (Å²) in [7, 11) is -3.97. The van der Waals surface area contributed by atoms with Crippen molar-refractivity contribution in [3.8, 4) is 5.75 Å². The SMILES string of the molecule is CCN(CC)S(=O)(=O)c1ccc(OCC(=O)Nc2ccc(F)c(F)c2F)c([N+](=O)[O-])c1. The van der Waals surface area contributed by atoms with Crippen molar-refractivity contribution in [2.24, 2.45) is 0 Å². The van der Waals surface area contributed by atoms with Gasteiger partial charge in [0, 0.05) is 19.2 Å². The molecule has 2 aromatic rings. The van der Waals surface area contributed by atoms with E-state index < -0.39 is 62.0 Å². The number of hydrogen-bond acceptors (Lipinski definition) is 6. The number of amides is 1. The van der Waals surface area contributed by atoms with E-state index in [1.165, 1.54) is 0 Å². The zero-order chi connectivity index (χ0) is 23.3. The van der Waals surface area contributed by atoms with Crippen LogP contribution < -0.4 is 10.1 Å². The van der Waals surface area contributed by atoms with E-state index in [0.717, 1.165) is 28.6 Å². The summed E-state index contributed by atoms with van der Waals surface area (Å²) in [6, 6.07) is 4.30. The van der Waals surface area contributed by atoms with Gasteiger partial charge in [-0.25, -0.2) is 21.6 Å². The number of nitrogens with zero attached hydrogens (tertiary/aromatic N) is 2. The Bertz CT molecular complexity index is 1110. The first-order chi connectivity index (χ1) is 14.5. The highest BCUT2D eigenvalue weighted by Gasteiger charge is 2.26. The standard InChI is InChI=1S/C18H18F3N3O6S/c1-3-23(4-2)31(28,29)11-5-8-15(14(9-11)24(26)27)30-10-16(25)22-13-7-6-12(19)17(20)18(13)21/h5-9H,3-4,10H2,1-2H3,(H,22,25). The molecule has 2 rings (SSSR count). The van der Waals surface area contributed by atoms with Crippen molar-refractivity contribution in [2.45, 2.75) is 18.7 Å². The molecule has 0 aliphatic heterocycles. The van der Waals surface area contributed by atoms with Crippen molar-refractivity contribution in [3.05, 3.63) is 57.9 Å². The second-order valence-corrected chi connectivity index (χ2v) is 7.97. The van der Waals surface area contributed by atoms with E-state index in [4.69, 9.17) is 4.74 Å². The molecular formula is C18H18F3N3O6S. The van der Waals surface area contributed by atoms with Crippen LogP contribution in [0.15, 0.2) is 35.2 Å². The molecule has 13 heteroatoms. The van der Waals surface area contributed by atoms with Crippen LogP contribution in [0.2, 0.25) is 0 Å². The van der Waals surface area contributed by atoms with Crippen LogP contribution in [-0.2, 0) is 14.8 Å². The Balaban J connectivity index is 2.21. The summed E-state index contributed by atoms with van der Waals surface area (Å²) in [6.07, 6.45) is 0. The third-order valence-corrected chi connectivity index (χ3v) is 6.18. The highest BCUT2D eigenvalue weighted by atomic mass is 32.2. The third kappa shape index (κ3) is 5.30. The molecule has 0 aliphatic rings. The molecular weight excluding hydrogens is 443 g/mol. The number of carbonyl (C=O) groups excluding carboxylic acids is 1. The van der Waals surface area contributed by atoms with Crippen molar-refractivity contribution >= 4 is 27.3 Å². The largest absolute Gasteiger partial charge is 0.477 e. The minimum absolute atomic E-state index is 0.158. The second kappa shape index (κ2) is 9.75. The minimum atomic E-state index is -3.97. The Hall–Kier alpha value is -3.19. The van der Waals surface area contributed by atoms with Gasteiger partial charge in [0.2, 0.25) is 10.0 Å². The summed E-state index contributed by atoms with van der Waals surface area (Å²) in [6.45, 7) is 2.70. The van der Waals surface area contributed by atoms with Gasteiger partial charge in [-0.05, 0) is 24.3 Å². The molecule has 0 spiro atoms. The Morgan fingerprint density at radius 3 is 2.35 bits per heavy atom. The summed E-state index contributed by atoms with van der Waals surface area (Å²) in [5.74, 6) is -6.27. The Labute approximate surface area is 175 Å². The molecule has 9 nitrogen and oxygen atoms in total. The smallest absolute Gasteiger partial charge is 0.312 e. The van der Waals surface area contributed by atoms with Gasteiger partial charge in [0.25, 0.3) is 5.91 Å². The average Bonchev–Trinajstić information content (AvgIpc) is 2.73. The van der Waals surface area contributed by atoms with Gasteiger partial charge >= 0.3 is 5.69 Å². The Kier molecular flexibility index (Phi) is 7.57. The molecule has 0 unspecified atom stereocenters. The lowest BCUT2D eigenvalue weighted by atomic mass is 10.2. The normalized spacial score (nSPS) is 11.4. The summed E-state index contributed by atoms with van der Waals surface area (Å²) in [4.78, 5) is 22.1. The molecule has 0 heterocycles. The number of sulfonamides is 1. The van der Waals surface area contributed by atoms with Gasteiger partial charge in [0.1, 0.15) is 0 Å². The predicted molar refractivity (Wildman–Crippen MR) is 104 cm³/mol. The molecule has 0 saturated carbocycles. The number of benzene rings is 2. The number of nitro groups is 1.